The number of rotatable bonds is 3. The summed E-state index contributed by atoms with van der Waals surface area (Å²) in [7, 11) is 0. The van der Waals surface area contributed by atoms with Gasteiger partial charge in [0.2, 0.25) is 5.95 Å². The van der Waals surface area contributed by atoms with Crippen molar-refractivity contribution in [3.8, 4) is 0 Å². The number of anilines is 2. The predicted molar refractivity (Wildman–Crippen MR) is 60.0 cm³/mol. The van der Waals surface area contributed by atoms with Gasteiger partial charge in [-0.15, -0.1) is 5.10 Å². The highest BCUT2D eigenvalue weighted by molar-refractivity contribution is 5.39. The molecule has 0 aliphatic carbocycles. The van der Waals surface area contributed by atoms with Crippen LogP contribution in [-0.2, 0) is 0 Å². The Kier molecular flexibility index (Phi) is 2.99. The van der Waals surface area contributed by atoms with Crippen LogP contribution in [0.3, 0.4) is 0 Å². The Bertz CT molecular complexity index is 319. The molecular formula is C10H17N5. The van der Waals surface area contributed by atoms with Crippen molar-refractivity contribution in [2.75, 3.05) is 23.3 Å². The van der Waals surface area contributed by atoms with Crippen LogP contribution in [-0.4, -0.2) is 34.3 Å². The van der Waals surface area contributed by atoms with Crippen molar-refractivity contribution in [1.82, 2.24) is 15.2 Å². The Morgan fingerprint density at radius 2 is 2.07 bits per heavy atom. The number of aromatic nitrogens is 3. The Hall–Kier alpha value is -1.39. The minimum atomic E-state index is 0.369. The lowest BCUT2D eigenvalue weighted by atomic mass is 10.4. The van der Waals surface area contributed by atoms with Gasteiger partial charge in [-0.25, -0.2) is 0 Å². The van der Waals surface area contributed by atoms with Crippen molar-refractivity contribution in [1.29, 1.82) is 0 Å². The van der Waals surface area contributed by atoms with E-state index in [2.05, 4.69) is 39.2 Å². The third kappa shape index (κ3) is 2.55. The summed E-state index contributed by atoms with van der Waals surface area (Å²) in [5.74, 6) is 1.56. The molecule has 0 atom stereocenters. The van der Waals surface area contributed by atoms with E-state index in [9.17, 15) is 0 Å². The fourth-order valence-electron chi connectivity index (χ4n) is 1.71. The van der Waals surface area contributed by atoms with Crippen molar-refractivity contribution in [3.05, 3.63) is 6.20 Å². The van der Waals surface area contributed by atoms with Crippen molar-refractivity contribution in [2.24, 2.45) is 0 Å². The number of hydrogen-bond donors (Lipinski definition) is 1. The molecule has 5 heteroatoms. The lowest BCUT2D eigenvalue weighted by Gasteiger charge is -2.15. The maximum absolute atomic E-state index is 4.44. The molecule has 1 saturated heterocycles. The van der Waals surface area contributed by atoms with E-state index in [0.717, 1.165) is 24.9 Å². The van der Waals surface area contributed by atoms with E-state index in [-0.39, 0.29) is 0 Å². The average Bonchev–Trinajstić information content (AvgIpc) is 2.69. The Morgan fingerprint density at radius 1 is 1.33 bits per heavy atom. The first-order valence-corrected chi connectivity index (χ1v) is 5.47. The molecule has 82 valence electrons. The molecule has 0 aromatic carbocycles. The summed E-state index contributed by atoms with van der Waals surface area (Å²) in [5.41, 5.74) is 0. The molecule has 2 rings (SSSR count). The van der Waals surface area contributed by atoms with Crippen molar-refractivity contribution < 1.29 is 0 Å². The quantitative estimate of drug-likeness (QED) is 0.809. The number of hydrogen-bond acceptors (Lipinski definition) is 5. The first-order chi connectivity index (χ1) is 7.25. The summed E-state index contributed by atoms with van der Waals surface area (Å²) in [5, 5.41) is 11.2. The third-order valence-electron chi connectivity index (χ3n) is 2.37. The number of nitrogens with one attached hydrogen (secondary N) is 1. The number of nitrogens with zero attached hydrogens (tertiary/aromatic N) is 4. The molecule has 1 aliphatic heterocycles. The normalized spacial score (nSPS) is 16.1. The molecule has 0 bridgehead atoms. The SMILES string of the molecule is CC(C)Nc1cnnc(N2CCCC2)n1. The Labute approximate surface area is 89.9 Å². The van der Waals surface area contributed by atoms with Crippen LogP contribution in [0.5, 0.6) is 0 Å². The van der Waals surface area contributed by atoms with Gasteiger partial charge in [0.15, 0.2) is 5.82 Å². The van der Waals surface area contributed by atoms with Crippen LogP contribution in [0.4, 0.5) is 11.8 Å². The second kappa shape index (κ2) is 4.42. The maximum atomic E-state index is 4.44. The molecule has 1 N–H and O–H groups in total. The molecule has 2 heterocycles. The lowest BCUT2D eigenvalue weighted by molar-refractivity contribution is 0.831. The van der Waals surface area contributed by atoms with Crippen LogP contribution >= 0.6 is 0 Å². The Morgan fingerprint density at radius 3 is 2.73 bits per heavy atom. The summed E-state index contributed by atoms with van der Waals surface area (Å²) in [6.07, 6.45) is 4.12. The van der Waals surface area contributed by atoms with Gasteiger partial charge in [-0.05, 0) is 26.7 Å². The van der Waals surface area contributed by atoms with Gasteiger partial charge in [-0.1, -0.05) is 0 Å². The molecule has 1 aliphatic rings. The highest BCUT2D eigenvalue weighted by Gasteiger charge is 2.15. The van der Waals surface area contributed by atoms with Gasteiger partial charge in [0.05, 0.1) is 6.20 Å². The van der Waals surface area contributed by atoms with Gasteiger partial charge in [-0.3, -0.25) is 0 Å². The van der Waals surface area contributed by atoms with E-state index in [0.29, 0.717) is 6.04 Å². The fourth-order valence-corrected chi connectivity index (χ4v) is 1.71. The summed E-state index contributed by atoms with van der Waals surface area (Å²) in [6.45, 7) is 6.26. The molecule has 0 radical (unpaired) electrons. The van der Waals surface area contributed by atoms with Crippen LogP contribution in [0.15, 0.2) is 6.20 Å². The van der Waals surface area contributed by atoms with Crippen LogP contribution < -0.4 is 10.2 Å². The molecule has 0 spiro atoms. The molecule has 0 amide bonds. The summed E-state index contributed by atoms with van der Waals surface area (Å²) in [4.78, 5) is 6.62. The molecule has 0 saturated carbocycles. The lowest BCUT2D eigenvalue weighted by Crippen LogP contribution is -2.22. The summed E-state index contributed by atoms with van der Waals surface area (Å²) < 4.78 is 0. The minimum Gasteiger partial charge on any atom is -0.366 e. The van der Waals surface area contributed by atoms with E-state index >= 15 is 0 Å². The van der Waals surface area contributed by atoms with Gasteiger partial charge in [0, 0.05) is 19.1 Å². The van der Waals surface area contributed by atoms with Gasteiger partial charge >= 0.3 is 0 Å². The minimum absolute atomic E-state index is 0.369. The highest BCUT2D eigenvalue weighted by Crippen LogP contribution is 2.15. The van der Waals surface area contributed by atoms with Crippen molar-refractivity contribution >= 4 is 11.8 Å². The highest BCUT2D eigenvalue weighted by atomic mass is 15.3. The smallest absolute Gasteiger partial charge is 0.247 e. The molecule has 1 aromatic rings. The zero-order chi connectivity index (χ0) is 10.7. The molecule has 1 aromatic heterocycles. The molecular weight excluding hydrogens is 190 g/mol. The fraction of sp³-hybridized carbons (Fsp3) is 0.700. The van der Waals surface area contributed by atoms with Gasteiger partial charge < -0.3 is 10.2 Å². The molecule has 5 nitrogen and oxygen atoms in total. The van der Waals surface area contributed by atoms with Crippen LogP contribution in [0.1, 0.15) is 26.7 Å². The average molecular weight is 207 g/mol. The molecule has 15 heavy (non-hydrogen) atoms. The maximum Gasteiger partial charge on any atom is 0.247 e. The zero-order valence-electron chi connectivity index (χ0n) is 9.27. The first-order valence-electron chi connectivity index (χ1n) is 5.47. The van der Waals surface area contributed by atoms with E-state index in [1.807, 2.05) is 0 Å². The predicted octanol–water partition coefficient (Wildman–Crippen LogP) is 1.29. The second-order valence-electron chi connectivity index (χ2n) is 4.13. The summed E-state index contributed by atoms with van der Waals surface area (Å²) in [6, 6.07) is 0.369. The third-order valence-corrected chi connectivity index (χ3v) is 2.37. The van der Waals surface area contributed by atoms with Gasteiger partial charge in [-0.2, -0.15) is 10.1 Å². The topological polar surface area (TPSA) is 53.9 Å². The van der Waals surface area contributed by atoms with Crippen molar-refractivity contribution in [3.63, 3.8) is 0 Å². The summed E-state index contributed by atoms with van der Waals surface area (Å²) >= 11 is 0. The van der Waals surface area contributed by atoms with E-state index in [4.69, 9.17) is 0 Å². The van der Waals surface area contributed by atoms with Gasteiger partial charge in [0.1, 0.15) is 0 Å². The first kappa shape index (κ1) is 10.1. The monoisotopic (exact) mass is 207 g/mol. The van der Waals surface area contributed by atoms with Crippen LogP contribution in [0.25, 0.3) is 0 Å². The van der Waals surface area contributed by atoms with Crippen molar-refractivity contribution in [2.45, 2.75) is 32.7 Å². The largest absolute Gasteiger partial charge is 0.366 e. The van der Waals surface area contributed by atoms with E-state index in [1.165, 1.54) is 12.8 Å². The van der Waals surface area contributed by atoms with E-state index < -0.39 is 0 Å². The molecule has 1 fully saturated rings. The van der Waals surface area contributed by atoms with E-state index in [1.54, 1.807) is 6.20 Å². The zero-order valence-corrected chi connectivity index (χ0v) is 9.27. The Balaban J connectivity index is 2.11. The molecule has 0 unspecified atom stereocenters. The van der Waals surface area contributed by atoms with Crippen LogP contribution in [0, 0.1) is 0 Å². The van der Waals surface area contributed by atoms with Crippen LogP contribution in [0.2, 0.25) is 0 Å². The standard InChI is InChI=1S/C10H17N5/c1-8(2)12-9-7-11-14-10(13-9)15-5-3-4-6-15/h7-8H,3-6H2,1-2H3,(H,12,13,14). The second-order valence-corrected chi connectivity index (χ2v) is 4.13. The van der Waals surface area contributed by atoms with Gasteiger partial charge in [0.25, 0.3) is 0 Å².